The molecule has 0 aliphatic rings. The standard InChI is InChI=1S/C16H15FN2O2/c1-2-3-12(16(20)21)15-8-10(6-7-19-15)13-9-11(17)4-5-14(13)18/h2,4-9,12H,1,3,18H2,(H,20,21). The van der Waals surface area contributed by atoms with Gasteiger partial charge in [0.05, 0.1) is 5.69 Å². The molecule has 0 saturated heterocycles. The molecular formula is C16H15FN2O2. The molecule has 2 aromatic rings. The lowest BCUT2D eigenvalue weighted by molar-refractivity contribution is -0.138. The van der Waals surface area contributed by atoms with Gasteiger partial charge in [-0.25, -0.2) is 4.39 Å². The molecule has 0 bridgehead atoms. The molecule has 0 radical (unpaired) electrons. The summed E-state index contributed by atoms with van der Waals surface area (Å²) >= 11 is 0. The van der Waals surface area contributed by atoms with Crippen molar-refractivity contribution < 1.29 is 14.3 Å². The molecule has 0 fully saturated rings. The maximum atomic E-state index is 13.4. The zero-order chi connectivity index (χ0) is 15.4. The minimum atomic E-state index is -0.980. The first-order valence-electron chi connectivity index (χ1n) is 6.38. The number of allylic oxidation sites excluding steroid dienone is 1. The van der Waals surface area contributed by atoms with E-state index in [1.54, 1.807) is 12.1 Å². The number of hydrogen-bond acceptors (Lipinski definition) is 3. The first kappa shape index (κ1) is 14.7. The monoisotopic (exact) mass is 286 g/mol. The van der Waals surface area contributed by atoms with E-state index in [9.17, 15) is 14.3 Å². The lowest BCUT2D eigenvalue weighted by atomic mass is 9.97. The van der Waals surface area contributed by atoms with Gasteiger partial charge in [-0.05, 0) is 42.3 Å². The van der Waals surface area contributed by atoms with Gasteiger partial charge in [0.15, 0.2) is 0 Å². The third-order valence-electron chi connectivity index (χ3n) is 3.16. The van der Waals surface area contributed by atoms with Crippen molar-refractivity contribution in [3.8, 4) is 11.1 Å². The van der Waals surface area contributed by atoms with Gasteiger partial charge in [0.2, 0.25) is 0 Å². The van der Waals surface area contributed by atoms with E-state index in [0.29, 0.717) is 22.5 Å². The Balaban J connectivity index is 2.48. The summed E-state index contributed by atoms with van der Waals surface area (Å²) in [4.78, 5) is 15.4. The van der Waals surface area contributed by atoms with Crippen molar-refractivity contribution in [2.24, 2.45) is 0 Å². The van der Waals surface area contributed by atoms with Crippen molar-refractivity contribution in [3.05, 3.63) is 60.7 Å². The Hall–Kier alpha value is -2.69. The van der Waals surface area contributed by atoms with E-state index in [0.717, 1.165) is 0 Å². The number of aliphatic carboxylic acids is 1. The van der Waals surface area contributed by atoms with Gasteiger partial charge in [-0.1, -0.05) is 6.08 Å². The van der Waals surface area contributed by atoms with Crippen LogP contribution in [0.5, 0.6) is 0 Å². The van der Waals surface area contributed by atoms with Crippen LogP contribution in [0.15, 0.2) is 49.2 Å². The number of nitrogens with zero attached hydrogens (tertiary/aromatic N) is 1. The number of nitrogens with two attached hydrogens (primary N) is 1. The van der Waals surface area contributed by atoms with Crippen LogP contribution in [0.4, 0.5) is 10.1 Å². The van der Waals surface area contributed by atoms with Gasteiger partial charge >= 0.3 is 5.97 Å². The summed E-state index contributed by atoms with van der Waals surface area (Å²) in [7, 11) is 0. The molecule has 0 aliphatic heterocycles. The molecule has 1 aromatic heterocycles. The average molecular weight is 286 g/mol. The lowest BCUT2D eigenvalue weighted by Gasteiger charge is -2.12. The van der Waals surface area contributed by atoms with Crippen LogP contribution in [-0.4, -0.2) is 16.1 Å². The van der Waals surface area contributed by atoms with Crippen LogP contribution < -0.4 is 5.73 Å². The van der Waals surface area contributed by atoms with Crippen molar-refractivity contribution >= 4 is 11.7 Å². The predicted octanol–water partition coefficient (Wildman–Crippen LogP) is 3.21. The van der Waals surface area contributed by atoms with Crippen LogP contribution >= 0.6 is 0 Å². The van der Waals surface area contributed by atoms with Crippen molar-refractivity contribution in [1.29, 1.82) is 0 Å². The molecule has 0 amide bonds. The Morgan fingerprint density at radius 1 is 1.43 bits per heavy atom. The fourth-order valence-corrected chi connectivity index (χ4v) is 2.10. The third kappa shape index (κ3) is 3.25. The molecule has 108 valence electrons. The summed E-state index contributed by atoms with van der Waals surface area (Å²) in [6.45, 7) is 3.55. The fraction of sp³-hybridized carbons (Fsp3) is 0.125. The van der Waals surface area contributed by atoms with Gasteiger partial charge in [0.1, 0.15) is 11.7 Å². The number of benzene rings is 1. The van der Waals surface area contributed by atoms with Gasteiger partial charge in [-0.15, -0.1) is 6.58 Å². The molecule has 1 atom stereocenters. The number of pyridine rings is 1. The highest BCUT2D eigenvalue weighted by Gasteiger charge is 2.20. The molecule has 0 aliphatic carbocycles. The molecule has 21 heavy (non-hydrogen) atoms. The number of rotatable bonds is 5. The number of carboxylic acids is 1. The molecule has 0 spiro atoms. The second-order valence-electron chi connectivity index (χ2n) is 4.62. The van der Waals surface area contributed by atoms with Crippen molar-refractivity contribution in [2.45, 2.75) is 12.3 Å². The predicted molar refractivity (Wildman–Crippen MR) is 79.2 cm³/mol. The van der Waals surface area contributed by atoms with E-state index in [2.05, 4.69) is 11.6 Å². The summed E-state index contributed by atoms with van der Waals surface area (Å²) in [5, 5.41) is 9.25. The number of nitrogen functional groups attached to an aromatic ring is 1. The third-order valence-corrected chi connectivity index (χ3v) is 3.16. The maximum absolute atomic E-state index is 13.4. The molecule has 1 aromatic carbocycles. The van der Waals surface area contributed by atoms with Gasteiger partial charge < -0.3 is 10.8 Å². The van der Waals surface area contributed by atoms with Crippen LogP contribution in [0.2, 0.25) is 0 Å². The largest absolute Gasteiger partial charge is 0.481 e. The highest BCUT2D eigenvalue weighted by Crippen LogP contribution is 2.29. The summed E-state index contributed by atoms with van der Waals surface area (Å²) in [5.41, 5.74) is 7.81. The van der Waals surface area contributed by atoms with E-state index in [1.165, 1.54) is 30.5 Å². The highest BCUT2D eigenvalue weighted by atomic mass is 19.1. The van der Waals surface area contributed by atoms with Crippen LogP contribution in [0.1, 0.15) is 18.0 Å². The molecule has 0 saturated carbocycles. The second-order valence-corrected chi connectivity index (χ2v) is 4.62. The smallest absolute Gasteiger partial charge is 0.312 e. The SMILES string of the molecule is C=CCC(C(=O)O)c1cc(-c2cc(F)ccc2N)ccn1. The normalized spacial score (nSPS) is 11.9. The summed E-state index contributed by atoms with van der Waals surface area (Å²) in [6.07, 6.45) is 3.29. The topological polar surface area (TPSA) is 76.2 Å². The van der Waals surface area contributed by atoms with Crippen molar-refractivity contribution in [1.82, 2.24) is 4.98 Å². The maximum Gasteiger partial charge on any atom is 0.312 e. The molecule has 2 rings (SSSR count). The quantitative estimate of drug-likeness (QED) is 0.653. The van der Waals surface area contributed by atoms with E-state index < -0.39 is 17.7 Å². The number of halogens is 1. The van der Waals surface area contributed by atoms with Crippen LogP contribution in [0.3, 0.4) is 0 Å². The Labute approximate surface area is 121 Å². The highest BCUT2D eigenvalue weighted by molar-refractivity contribution is 5.79. The Kier molecular flexibility index (Phi) is 4.33. The van der Waals surface area contributed by atoms with E-state index in [1.807, 2.05) is 0 Å². The lowest BCUT2D eigenvalue weighted by Crippen LogP contribution is -2.12. The van der Waals surface area contributed by atoms with E-state index in [-0.39, 0.29) is 6.42 Å². The van der Waals surface area contributed by atoms with Crippen molar-refractivity contribution in [2.75, 3.05) is 5.73 Å². The van der Waals surface area contributed by atoms with Gasteiger partial charge in [-0.2, -0.15) is 0 Å². The van der Waals surface area contributed by atoms with Crippen molar-refractivity contribution in [3.63, 3.8) is 0 Å². The number of carbonyl (C=O) groups is 1. The summed E-state index contributed by atoms with van der Waals surface area (Å²) < 4.78 is 13.4. The zero-order valence-corrected chi connectivity index (χ0v) is 11.3. The Morgan fingerprint density at radius 3 is 2.86 bits per heavy atom. The zero-order valence-electron chi connectivity index (χ0n) is 11.3. The van der Waals surface area contributed by atoms with E-state index in [4.69, 9.17) is 5.73 Å². The molecule has 1 unspecified atom stereocenters. The molecule has 4 nitrogen and oxygen atoms in total. The van der Waals surface area contributed by atoms with Gasteiger partial charge in [0.25, 0.3) is 0 Å². The Morgan fingerprint density at radius 2 is 2.19 bits per heavy atom. The van der Waals surface area contributed by atoms with Gasteiger partial charge in [-0.3, -0.25) is 9.78 Å². The molecule has 3 N–H and O–H groups in total. The second kappa shape index (κ2) is 6.17. The first-order chi connectivity index (χ1) is 10.0. The van der Waals surface area contributed by atoms with Crippen LogP contribution in [0.25, 0.3) is 11.1 Å². The van der Waals surface area contributed by atoms with Crippen LogP contribution in [-0.2, 0) is 4.79 Å². The molecule has 1 heterocycles. The summed E-state index contributed by atoms with van der Waals surface area (Å²) in [5.74, 6) is -2.16. The summed E-state index contributed by atoms with van der Waals surface area (Å²) in [6, 6.07) is 7.36. The number of anilines is 1. The van der Waals surface area contributed by atoms with Gasteiger partial charge in [0, 0.05) is 17.4 Å². The fourth-order valence-electron chi connectivity index (χ4n) is 2.10. The first-order valence-corrected chi connectivity index (χ1v) is 6.38. The number of aromatic nitrogens is 1. The average Bonchev–Trinajstić information content (AvgIpc) is 2.47. The number of carboxylic acid groups (broad SMARTS) is 1. The molecular weight excluding hydrogens is 271 g/mol. The Bertz CT molecular complexity index is 686. The number of hydrogen-bond donors (Lipinski definition) is 2. The minimum Gasteiger partial charge on any atom is -0.481 e. The molecule has 5 heteroatoms. The minimum absolute atomic E-state index is 0.268. The van der Waals surface area contributed by atoms with Crippen LogP contribution in [0, 0.1) is 5.82 Å². The van der Waals surface area contributed by atoms with E-state index >= 15 is 0 Å².